The fourth-order valence-electron chi connectivity index (χ4n) is 5.16. The van der Waals surface area contributed by atoms with Gasteiger partial charge in [0.2, 0.25) is 5.91 Å². The van der Waals surface area contributed by atoms with Crippen molar-refractivity contribution in [3.05, 3.63) is 95.7 Å². The van der Waals surface area contributed by atoms with Crippen LogP contribution in [-0.4, -0.2) is 57.8 Å². The highest BCUT2D eigenvalue weighted by Crippen LogP contribution is 2.44. The second-order valence-electron chi connectivity index (χ2n) is 9.58. The molecule has 1 aliphatic carbocycles. The Morgan fingerprint density at radius 1 is 0.825 bits per heavy atom. The molecule has 2 atom stereocenters. The minimum atomic E-state index is -1.54. The van der Waals surface area contributed by atoms with Gasteiger partial charge in [0.1, 0.15) is 18.7 Å². The molecule has 3 aromatic carbocycles. The number of aromatic amines is 1. The van der Waals surface area contributed by atoms with Crippen LogP contribution in [0.1, 0.15) is 29.0 Å². The van der Waals surface area contributed by atoms with Crippen LogP contribution in [0.15, 0.2) is 79.0 Å². The summed E-state index contributed by atoms with van der Waals surface area (Å²) >= 11 is 0. The molecule has 5 N–H and O–H groups in total. The number of rotatable bonds is 10. The molecular weight excluding hydrogens is 514 g/mol. The first-order valence-corrected chi connectivity index (χ1v) is 12.7. The minimum absolute atomic E-state index is 0.0282. The van der Waals surface area contributed by atoms with E-state index in [0.29, 0.717) is 5.56 Å². The lowest BCUT2D eigenvalue weighted by atomic mass is 9.98. The smallest absolute Gasteiger partial charge is 0.407 e. The Balaban J connectivity index is 1.25. The predicted octanol–water partition coefficient (Wildman–Crippen LogP) is 3.66. The topological polar surface area (TPSA) is 158 Å². The monoisotopic (exact) mass is 541 g/mol. The van der Waals surface area contributed by atoms with E-state index >= 15 is 0 Å². The van der Waals surface area contributed by atoms with Gasteiger partial charge in [0, 0.05) is 29.4 Å². The molecule has 1 aromatic heterocycles. The van der Waals surface area contributed by atoms with E-state index in [-0.39, 0.29) is 18.9 Å². The fraction of sp³-hybridized carbons (Fsp3) is 0.200. The van der Waals surface area contributed by atoms with E-state index in [0.717, 1.165) is 33.2 Å². The lowest BCUT2D eigenvalue weighted by Gasteiger charge is -2.21. The molecule has 10 heteroatoms. The van der Waals surface area contributed by atoms with Gasteiger partial charge < -0.3 is 30.6 Å². The highest BCUT2D eigenvalue weighted by molar-refractivity contribution is 5.92. The number of carboxylic acid groups (broad SMARTS) is 2. The van der Waals surface area contributed by atoms with Crippen molar-refractivity contribution in [2.24, 2.45) is 0 Å². The summed E-state index contributed by atoms with van der Waals surface area (Å²) in [4.78, 5) is 52.2. The van der Waals surface area contributed by atoms with Crippen LogP contribution < -0.4 is 10.6 Å². The molecule has 0 saturated carbocycles. The van der Waals surface area contributed by atoms with E-state index in [1.807, 2.05) is 72.8 Å². The Bertz CT molecular complexity index is 1550. The number of alkyl carbamates (subject to hydrolysis) is 1. The Hall–Kier alpha value is -5.12. The second kappa shape index (κ2) is 11.3. The number of ether oxygens (including phenoxy) is 1. The average Bonchev–Trinajstić information content (AvgIpc) is 3.49. The Labute approximate surface area is 229 Å². The minimum Gasteiger partial charge on any atom is -0.481 e. The number of carbonyl (C=O) groups is 4. The van der Waals surface area contributed by atoms with Crippen LogP contribution in [0, 0.1) is 0 Å². The zero-order chi connectivity index (χ0) is 28.2. The zero-order valence-electron chi connectivity index (χ0n) is 21.3. The van der Waals surface area contributed by atoms with Crippen LogP contribution in [0.5, 0.6) is 0 Å². The molecule has 0 fully saturated rings. The molecule has 4 aromatic rings. The molecule has 0 bridgehead atoms. The number of carbonyl (C=O) groups excluding carboxylic acids is 2. The van der Waals surface area contributed by atoms with Gasteiger partial charge in [-0.15, -0.1) is 0 Å². The summed E-state index contributed by atoms with van der Waals surface area (Å²) in [5.41, 5.74) is 5.57. The lowest BCUT2D eigenvalue weighted by molar-refractivity contribution is -0.142. The number of fused-ring (bicyclic) bond motifs is 4. The Morgan fingerprint density at radius 3 is 2.10 bits per heavy atom. The normalized spacial score (nSPS) is 13.6. The molecule has 204 valence electrons. The van der Waals surface area contributed by atoms with Crippen molar-refractivity contribution >= 4 is 34.8 Å². The standard InChI is InChI=1S/C30H27N3O7/c34-27(35)14-25(28(36)32-26(29(37)38)13-17-15-31-24-12-6-5-7-18(17)24)33-30(39)40-16-23-21-10-3-1-8-19(21)20-9-2-4-11-22(20)23/h1-12,15,23,25-26,31H,13-14,16H2,(H,32,36)(H,33,39)(H,34,35)(H,37,38)/t25-,26-/m0/s1. The van der Waals surface area contributed by atoms with E-state index in [9.17, 15) is 29.4 Å². The number of aliphatic carboxylic acids is 2. The van der Waals surface area contributed by atoms with Gasteiger partial charge in [-0.2, -0.15) is 0 Å². The van der Waals surface area contributed by atoms with E-state index in [2.05, 4.69) is 15.6 Å². The van der Waals surface area contributed by atoms with E-state index in [1.54, 1.807) is 6.20 Å². The molecule has 0 radical (unpaired) electrons. The third-order valence-corrected chi connectivity index (χ3v) is 7.04. The number of amides is 2. The lowest BCUT2D eigenvalue weighted by Crippen LogP contribution is -2.53. The van der Waals surface area contributed by atoms with Crippen molar-refractivity contribution < 1.29 is 34.1 Å². The number of para-hydroxylation sites is 1. The maximum atomic E-state index is 13.0. The molecule has 1 aliphatic rings. The summed E-state index contributed by atoms with van der Waals surface area (Å²) in [5, 5.41) is 24.6. The SMILES string of the molecule is O=C(O)C[C@H](NC(=O)OCC1c2ccccc2-c2ccccc21)C(=O)N[C@@H](Cc1c[nH]c2ccccc12)C(=O)O. The molecular formula is C30H27N3O7. The maximum Gasteiger partial charge on any atom is 0.407 e. The van der Waals surface area contributed by atoms with Gasteiger partial charge in [0.05, 0.1) is 6.42 Å². The fourth-order valence-corrected chi connectivity index (χ4v) is 5.16. The molecule has 0 saturated heterocycles. The Kier molecular flexibility index (Phi) is 7.50. The molecule has 0 unspecified atom stereocenters. The maximum absolute atomic E-state index is 13.0. The predicted molar refractivity (Wildman–Crippen MR) is 146 cm³/mol. The molecule has 1 heterocycles. The average molecular weight is 542 g/mol. The molecule has 40 heavy (non-hydrogen) atoms. The van der Waals surface area contributed by atoms with Gasteiger partial charge >= 0.3 is 18.0 Å². The Morgan fingerprint density at radius 2 is 1.45 bits per heavy atom. The molecule has 5 rings (SSSR count). The van der Waals surface area contributed by atoms with Crippen molar-refractivity contribution in [3.63, 3.8) is 0 Å². The number of carboxylic acids is 2. The first-order chi connectivity index (χ1) is 19.3. The van der Waals surface area contributed by atoms with E-state index < -0.39 is 42.4 Å². The van der Waals surface area contributed by atoms with Gasteiger partial charge in [0.25, 0.3) is 0 Å². The number of aromatic nitrogens is 1. The van der Waals surface area contributed by atoms with Crippen molar-refractivity contribution in [1.29, 1.82) is 0 Å². The number of H-pyrrole nitrogens is 1. The van der Waals surface area contributed by atoms with Crippen LogP contribution in [0.25, 0.3) is 22.0 Å². The number of hydrogen-bond donors (Lipinski definition) is 5. The number of benzene rings is 3. The molecule has 2 amide bonds. The highest BCUT2D eigenvalue weighted by atomic mass is 16.5. The first-order valence-electron chi connectivity index (χ1n) is 12.7. The summed E-state index contributed by atoms with van der Waals surface area (Å²) in [6.45, 7) is -0.0282. The van der Waals surface area contributed by atoms with Crippen LogP contribution in [0.3, 0.4) is 0 Å². The van der Waals surface area contributed by atoms with E-state index in [1.165, 1.54) is 0 Å². The zero-order valence-corrected chi connectivity index (χ0v) is 21.3. The van der Waals surface area contributed by atoms with Gasteiger partial charge in [-0.05, 0) is 33.9 Å². The second-order valence-corrected chi connectivity index (χ2v) is 9.58. The van der Waals surface area contributed by atoms with Crippen LogP contribution in [0.2, 0.25) is 0 Å². The summed E-state index contributed by atoms with van der Waals surface area (Å²) in [7, 11) is 0. The summed E-state index contributed by atoms with van der Waals surface area (Å²) in [6.07, 6.45) is -0.117. The van der Waals surface area contributed by atoms with Crippen molar-refractivity contribution in [3.8, 4) is 11.1 Å². The van der Waals surface area contributed by atoms with Gasteiger partial charge in [-0.25, -0.2) is 9.59 Å². The van der Waals surface area contributed by atoms with Crippen LogP contribution in [-0.2, 0) is 25.5 Å². The van der Waals surface area contributed by atoms with Crippen molar-refractivity contribution in [2.45, 2.75) is 30.8 Å². The van der Waals surface area contributed by atoms with E-state index in [4.69, 9.17) is 4.74 Å². The quantitative estimate of drug-likeness (QED) is 0.205. The largest absolute Gasteiger partial charge is 0.481 e. The summed E-state index contributed by atoms with van der Waals surface area (Å²) in [5.74, 6) is -3.81. The molecule has 10 nitrogen and oxygen atoms in total. The molecule has 0 spiro atoms. The third kappa shape index (κ3) is 5.51. The highest BCUT2D eigenvalue weighted by Gasteiger charge is 2.32. The van der Waals surface area contributed by atoms with Gasteiger partial charge in [0.15, 0.2) is 0 Å². The van der Waals surface area contributed by atoms with Crippen LogP contribution >= 0.6 is 0 Å². The number of nitrogens with one attached hydrogen (secondary N) is 3. The summed E-state index contributed by atoms with van der Waals surface area (Å²) < 4.78 is 5.44. The van der Waals surface area contributed by atoms with Gasteiger partial charge in [-0.3, -0.25) is 9.59 Å². The van der Waals surface area contributed by atoms with Crippen molar-refractivity contribution in [2.75, 3.05) is 6.61 Å². The third-order valence-electron chi connectivity index (χ3n) is 7.04. The van der Waals surface area contributed by atoms with Gasteiger partial charge in [-0.1, -0.05) is 66.7 Å². The number of hydrogen-bond acceptors (Lipinski definition) is 5. The van der Waals surface area contributed by atoms with Crippen LogP contribution in [0.4, 0.5) is 4.79 Å². The first kappa shape index (κ1) is 26.5. The molecule has 0 aliphatic heterocycles. The summed E-state index contributed by atoms with van der Waals surface area (Å²) in [6, 6.07) is 20.0. The van der Waals surface area contributed by atoms with Crippen molar-refractivity contribution in [1.82, 2.24) is 15.6 Å².